The number of para-hydroxylation sites is 1. The quantitative estimate of drug-likeness (QED) is 0.704. The predicted molar refractivity (Wildman–Crippen MR) is 113 cm³/mol. The minimum absolute atomic E-state index is 0.0243. The summed E-state index contributed by atoms with van der Waals surface area (Å²) in [5.74, 6) is 1.67. The molecule has 0 saturated carbocycles. The molecular formula is C21H20ClN3OS. The standard InChI is InChI=1S/C21H20ClN3OS/c1-3-13(2)18-20(26)25-19(24-18)16-6-4-5-7-17(16)23-21(25)27-12-14-8-10-15(22)11-9-14/h4-11,13,18H,3,12H2,1-2H3. The van der Waals surface area contributed by atoms with Gasteiger partial charge in [-0.1, -0.05) is 67.9 Å². The fourth-order valence-corrected chi connectivity index (χ4v) is 4.27. The first-order valence-electron chi connectivity index (χ1n) is 9.05. The zero-order chi connectivity index (χ0) is 19.0. The second-order valence-electron chi connectivity index (χ2n) is 6.78. The summed E-state index contributed by atoms with van der Waals surface area (Å²) in [6.45, 7) is 4.17. The van der Waals surface area contributed by atoms with Crippen molar-refractivity contribution in [1.82, 2.24) is 4.90 Å². The molecule has 2 atom stereocenters. The predicted octanol–water partition coefficient (Wildman–Crippen LogP) is 5.28. The van der Waals surface area contributed by atoms with Gasteiger partial charge in [-0.05, 0) is 35.7 Å². The molecule has 0 fully saturated rings. The highest BCUT2D eigenvalue weighted by Gasteiger charge is 2.42. The van der Waals surface area contributed by atoms with Crippen LogP contribution < -0.4 is 0 Å². The van der Waals surface area contributed by atoms with Crippen LogP contribution in [-0.4, -0.2) is 27.9 Å². The van der Waals surface area contributed by atoms with Gasteiger partial charge in [0.15, 0.2) is 5.17 Å². The van der Waals surface area contributed by atoms with E-state index in [0.717, 1.165) is 29.1 Å². The van der Waals surface area contributed by atoms with E-state index in [1.165, 1.54) is 0 Å². The van der Waals surface area contributed by atoms with Crippen LogP contribution in [0.25, 0.3) is 0 Å². The van der Waals surface area contributed by atoms with E-state index in [-0.39, 0.29) is 17.9 Å². The van der Waals surface area contributed by atoms with Gasteiger partial charge in [0, 0.05) is 16.3 Å². The molecule has 0 saturated heterocycles. The number of nitrogens with zero attached hydrogens (tertiary/aromatic N) is 3. The number of thioether (sulfide) groups is 1. The molecule has 2 aliphatic rings. The van der Waals surface area contributed by atoms with Crippen LogP contribution in [0.4, 0.5) is 5.69 Å². The van der Waals surface area contributed by atoms with Gasteiger partial charge in [0.2, 0.25) is 0 Å². The number of halogens is 1. The molecule has 2 heterocycles. The molecule has 0 aliphatic carbocycles. The van der Waals surface area contributed by atoms with Crippen molar-refractivity contribution in [3.8, 4) is 0 Å². The lowest BCUT2D eigenvalue weighted by molar-refractivity contribution is -0.125. The molecule has 4 rings (SSSR count). The molecule has 0 N–H and O–H groups in total. The summed E-state index contributed by atoms with van der Waals surface area (Å²) in [7, 11) is 0. The van der Waals surface area contributed by atoms with Crippen molar-refractivity contribution in [2.75, 3.05) is 0 Å². The third-order valence-electron chi connectivity index (χ3n) is 4.96. The number of fused-ring (bicyclic) bond motifs is 3. The first kappa shape index (κ1) is 18.3. The number of rotatable bonds is 4. The average molecular weight is 398 g/mol. The Labute approximate surface area is 168 Å². The van der Waals surface area contributed by atoms with E-state index in [1.54, 1.807) is 16.7 Å². The van der Waals surface area contributed by atoms with Gasteiger partial charge >= 0.3 is 0 Å². The summed E-state index contributed by atoms with van der Waals surface area (Å²) in [5, 5.41) is 1.41. The molecule has 6 heteroatoms. The van der Waals surface area contributed by atoms with Crippen LogP contribution in [0.15, 0.2) is 58.5 Å². The first-order valence-corrected chi connectivity index (χ1v) is 10.4. The van der Waals surface area contributed by atoms with Crippen molar-refractivity contribution in [2.45, 2.75) is 32.1 Å². The number of carbonyl (C=O) groups is 1. The van der Waals surface area contributed by atoms with E-state index in [1.807, 2.05) is 48.5 Å². The molecule has 2 unspecified atom stereocenters. The van der Waals surface area contributed by atoms with Gasteiger partial charge in [-0.15, -0.1) is 0 Å². The van der Waals surface area contributed by atoms with Crippen molar-refractivity contribution in [1.29, 1.82) is 0 Å². The Hall–Kier alpha value is -2.11. The molecule has 2 aromatic carbocycles. The SMILES string of the molecule is CCC(C)C1N=C2c3ccccc3N=C(SCc3ccc(Cl)cc3)N2C1=O. The van der Waals surface area contributed by atoms with Gasteiger partial charge in [0.1, 0.15) is 11.9 Å². The highest BCUT2D eigenvalue weighted by molar-refractivity contribution is 8.13. The van der Waals surface area contributed by atoms with E-state index in [9.17, 15) is 4.79 Å². The second-order valence-corrected chi connectivity index (χ2v) is 8.16. The van der Waals surface area contributed by atoms with Crippen LogP contribution in [0.3, 0.4) is 0 Å². The summed E-state index contributed by atoms with van der Waals surface area (Å²) >= 11 is 7.52. The van der Waals surface area contributed by atoms with E-state index < -0.39 is 0 Å². The van der Waals surface area contributed by atoms with Gasteiger partial charge < -0.3 is 0 Å². The maximum absolute atomic E-state index is 13.1. The molecule has 0 spiro atoms. The van der Waals surface area contributed by atoms with Crippen LogP contribution in [0.5, 0.6) is 0 Å². The lowest BCUT2D eigenvalue weighted by Crippen LogP contribution is -2.42. The van der Waals surface area contributed by atoms with Gasteiger partial charge in [0.25, 0.3) is 5.91 Å². The molecule has 27 heavy (non-hydrogen) atoms. The fraction of sp³-hybridized carbons (Fsp3) is 0.286. The summed E-state index contributed by atoms with van der Waals surface area (Å²) in [6.07, 6.45) is 0.910. The fourth-order valence-electron chi connectivity index (χ4n) is 3.19. The molecule has 0 bridgehead atoms. The molecular weight excluding hydrogens is 378 g/mol. The Morgan fingerprint density at radius 1 is 1.19 bits per heavy atom. The number of hydrogen-bond donors (Lipinski definition) is 0. The Balaban J connectivity index is 1.67. The van der Waals surface area contributed by atoms with Gasteiger partial charge in [-0.3, -0.25) is 9.79 Å². The summed E-state index contributed by atoms with van der Waals surface area (Å²) in [4.78, 5) is 24.4. The van der Waals surface area contributed by atoms with Crippen LogP contribution in [0.2, 0.25) is 5.02 Å². The maximum Gasteiger partial charge on any atom is 0.259 e. The summed E-state index contributed by atoms with van der Waals surface area (Å²) in [5.41, 5.74) is 2.92. The Morgan fingerprint density at radius 3 is 2.67 bits per heavy atom. The highest BCUT2D eigenvalue weighted by Crippen LogP contribution is 2.36. The summed E-state index contributed by atoms with van der Waals surface area (Å²) in [6, 6.07) is 15.3. The Morgan fingerprint density at radius 2 is 1.93 bits per heavy atom. The van der Waals surface area contributed by atoms with Gasteiger partial charge in [-0.25, -0.2) is 9.89 Å². The normalized spacial score (nSPS) is 19.3. The molecule has 4 nitrogen and oxygen atoms in total. The van der Waals surface area contributed by atoms with Crippen molar-refractivity contribution in [2.24, 2.45) is 15.9 Å². The lowest BCUT2D eigenvalue weighted by atomic mass is 10.00. The molecule has 138 valence electrons. The van der Waals surface area contributed by atoms with E-state index in [0.29, 0.717) is 15.9 Å². The number of hydrogen-bond acceptors (Lipinski definition) is 4. The zero-order valence-electron chi connectivity index (χ0n) is 15.2. The van der Waals surface area contributed by atoms with Gasteiger partial charge in [0.05, 0.1) is 5.69 Å². The topological polar surface area (TPSA) is 45.0 Å². The minimum Gasteiger partial charge on any atom is -0.271 e. The van der Waals surface area contributed by atoms with Crippen LogP contribution in [-0.2, 0) is 10.5 Å². The van der Waals surface area contributed by atoms with E-state index in [2.05, 4.69) is 13.8 Å². The Bertz CT molecular complexity index is 939. The van der Waals surface area contributed by atoms with Crippen LogP contribution in [0.1, 0.15) is 31.4 Å². The summed E-state index contributed by atoms with van der Waals surface area (Å²) < 4.78 is 0. The van der Waals surface area contributed by atoms with Crippen molar-refractivity contribution in [3.05, 3.63) is 64.7 Å². The molecule has 0 aromatic heterocycles. The lowest BCUT2D eigenvalue weighted by Gasteiger charge is -2.26. The minimum atomic E-state index is -0.336. The number of aliphatic imine (C=N–C) groups is 2. The van der Waals surface area contributed by atoms with Gasteiger partial charge in [-0.2, -0.15) is 0 Å². The number of amidine groups is 2. The molecule has 1 amide bonds. The number of benzene rings is 2. The Kier molecular flexibility index (Phi) is 5.06. The van der Waals surface area contributed by atoms with Crippen LogP contribution in [0, 0.1) is 5.92 Å². The molecule has 2 aromatic rings. The average Bonchev–Trinajstić information content (AvgIpc) is 3.04. The van der Waals surface area contributed by atoms with Crippen molar-refractivity contribution < 1.29 is 4.79 Å². The van der Waals surface area contributed by atoms with E-state index in [4.69, 9.17) is 21.6 Å². The largest absolute Gasteiger partial charge is 0.271 e. The molecule has 2 aliphatic heterocycles. The number of carbonyl (C=O) groups excluding carboxylic acids is 1. The van der Waals surface area contributed by atoms with Crippen molar-refractivity contribution >= 4 is 46.0 Å². The monoisotopic (exact) mass is 397 g/mol. The third-order valence-corrected chi connectivity index (χ3v) is 6.22. The zero-order valence-corrected chi connectivity index (χ0v) is 16.8. The second kappa shape index (κ2) is 7.49. The first-order chi connectivity index (χ1) is 13.1. The van der Waals surface area contributed by atoms with Crippen molar-refractivity contribution in [3.63, 3.8) is 0 Å². The number of amides is 1. The maximum atomic E-state index is 13.1. The molecule has 0 radical (unpaired) electrons. The van der Waals surface area contributed by atoms with E-state index >= 15 is 0 Å². The van der Waals surface area contributed by atoms with Crippen LogP contribution >= 0.6 is 23.4 Å². The third kappa shape index (κ3) is 3.42. The smallest absolute Gasteiger partial charge is 0.259 e. The highest BCUT2D eigenvalue weighted by atomic mass is 35.5.